The second-order valence-electron chi connectivity index (χ2n) is 4.12. The van der Waals surface area contributed by atoms with Crippen LogP contribution in [0.4, 0.5) is 5.13 Å². The van der Waals surface area contributed by atoms with Gasteiger partial charge in [0.15, 0.2) is 0 Å². The lowest BCUT2D eigenvalue weighted by molar-refractivity contribution is 1.28. The van der Waals surface area contributed by atoms with E-state index in [-0.39, 0.29) is 0 Å². The monoisotopic (exact) mass is 233 g/mol. The molecule has 1 aromatic carbocycles. The third kappa shape index (κ3) is 2.22. The molecule has 1 aromatic heterocycles. The number of anilines is 1. The molecule has 0 amide bonds. The topological polar surface area (TPSA) is 37.3 Å². The summed E-state index contributed by atoms with van der Waals surface area (Å²) in [6, 6.07) is 4.28. The minimum atomic E-state index is 0.852. The molecule has 0 atom stereocenters. The molecule has 0 radical (unpaired) electrons. The Bertz CT molecular complexity index is 551. The standard InChI is InChI=1S/C12H15N3S/c1-7(2)14-15-12-13-10-6-8(3)5-9(4)11(10)16-12/h5-6H,1-4H3,(H,13,15). The van der Waals surface area contributed by atoms with Crippen molar-refractivity contribution in [1.82, 2.24) is 4.98 Å². The summed E-state index contributed by atoms with van der Waals surface area (Å²) in [6.45, 7) is 8.12. The molecule has 0 spiro atoms. The minimum Gasteiger partial charge on any atom is -0.253 e. The van der Waals surface area contributed by atoms with Gasteiger partial charge in [0, 0.05) is 5.71 Å². The Hall–Kier alpha value is -1.42. The average molecular weight is 233 g/mol. The van der Waals surface area contributed by atoms with E-state index < -0.39 is 0 Å². The van der Waals surface area contributed by atoms with Crippen LogP contribution in [0, 0.1) is 13.8 Å². The molecule has 0 saturated carbocycles. The van der Waals surface area contributed by atoms with Crippen molar-refractivity contribution in [2.75, 3.05) is 5.43 Å². The van der Waals surface area contributed by atoms with E-state index in [4.69, 9.17) is 0 Å². The number of nitrogens with zero attached hydrogens (tertiary/aromatic N) is 2. The quantitative estimate of drug-likeness (QED) is 0.634. The molecule has 0 bridgehead atoms. The lowest BCUT2D eigenvalue weighted by Gasteiger charge is -1.95. The molecule has 4 heteroatoms. The lowest BCUT2D eigenvalue weighted by atomic mass is 10.1. The largest absolute Gasteiger partial charge is 0.253 e. The molecule has 0 unspecified atom stereocenters. The highest BCUT2D eigenvalue weighted by Crippen LogP contribution is 2.29. The number of hydrogen-bond donors (Lipinski definition) is 1. The Morgan fingerprint density at radius 2 is 2.06 bits per heavy atom. The van der Waals surface area contributed by atoms with Gasteiger partial charge in [0.2, 0.25) is 5.13 Å². The molecule has 0 aliphatic carbocycles. The Balaban J connectivity index is 2.44. The van der Waals surface area contributed by atoms with Crippen LogP contribution in [0.25, 0.3) is 10.2 Å². The zero-order valence-electron chi connectivity index (χ0n) is 9.96. The van der Waals surface area contributed by atoms with E-state index in [9.17, 15) is 0 Å². The molecule has 2 rings (SSSR count). The van der Waals surface area contributed by atoms with Crippen molar-refractivity contribution >= 4 is 32.4 Å². The van der Waals surface area contributed by atoms with E-state index in [1.165, 1.54) is 15.8 Å². The first-order valence-corrected chi connectivity index (χ1v) is 6.02. The maximum Gasteiger partial charge on any atom is 0.204 e. The van der Waals surface area contributed by atoms with Gasteiger partial charge in [-0.05, 0) is 44.9 Å². The number of fused-ring (bicyclic) bond motifs is 1. The van der Waals surface area contributed by atoms with Gasteiger partial charge in [0.05, 0.1) is 10.2 Å². The first-order chi connectivity index (χ1) is 7.56. The molecule has 84 valence electrons. The summed E-state index contributed by atoms with van der Waals surface area (Å²) < 4.78 is 1.23. The molecule has 0 aliphatic rings. The van der Waals surface area contributed by atoms with Gasteiger partial charge in [-0.25, -0.2) is 4.98 Å². The predicted octanol–water partition coefficient (Wildman–Crippen LogP) is 3.72. The van der Waals surface area contributed by atoms with Crippen molar-refractivity contribution in [2.45, 2.75) is 27.7 Å². The molecule has 1 heterocycles. The number of benzene rings is 1. The lowest BCUT2D eigenvalue weighted by Crippen LogP contribution is -1.91. The molecular formula is C12H15N3S. The van der Waals surface area contributed by atoms with Gasteiger partial charge in [-0.2, -0.15) is 5.10 Å². The summed E-state index contributed by atoms with van der Waals surface area (Å²) in [5.74, 6) is 0. The highest BCUT2D eigenvalue weighted by Gasteiger charge is 2.06. The number of thiazole rings is 1. The van der Waals surface area contributed by atoms with Crippen molar-refractivity contribution in [3.05, 3.63) is 23.3 Å². The highest BCUT2D eigenvalue weighted by atomic mass is 32.1. The van der Waals surface area contributed by atoms with Crippen LogP contribution in [0.2, 0.25) is 0 Å². The molecular weight excluding hydrogens is 218 g/mol. The van der Waals surface area contributed by atoms with Crippen molar-refractivity contribution in [1.29, 1.82) is 0 Å². The Labute approximate surface area is 99.2 Å². The zero-order chi connectivity index (χ0) is 11.7. The minimum absolute atomic E-state index is 0.852. The van der Waals surface area contributed by atoms with E-state index >= 15 is 0 Å². The van der Waals surface area contributed by atoms with Crippen LogP contribution in [0.15, 0.2) is 17.2 Å². The van der Waals surface area contributed by atoms with Crippen molar-refractivity contribution in [3.8, 4) is 0 Å². The second kappa shape index (κ2) is 4.22. The van der Waals surface area contributed by atoms with Crippen molar-refractivity contribution in [2.24, 2.45) is 5.10 Å². The summed E-state index contributed by atoms with van der Waals surface area (Å²) in [5, 5.41) is 5.01. The third-order valence-corrected chi connectivity index (χ3v) is 3.31. The SMILES string of the molecule is CC(C)=NNc1nc2cc(C)cc(C)c2s1. The fourth-order valence-electron chi connectivity index (χ4n) is 1.58. The van der Waals surface area contributed by atoms with E-state index in [0.717, 1.165) is 16.4 Å². The highest BCUT2D eigenvalue weighted by molar-refractivity contribution is 7.22. The predicted molar refractivity (Wildman–Crippen MR) is 71.5 cm³/mol. The third-order valence-electron chi connectivity index (χ3n) is 2.20. The number of nitrogens with one attached hydrogen (secondary N) is 1. The number of hydrogen-bond acceptors (Lipinski definition) is 4. The number of hydrazone groups is 1. The average Bonchev–Trinajstić information content (AvgIpc) is 2.57. The van der Waals surface area contributed by atoms with Crippen LogP contribution in [-0.2, 0) is 0 Å². The van der Waals surface area contributed by atoms with E-state index in [1.54, 1.807) is 11.3 Å². The summed E-state index contributed by atoms with van der Waals surface area (Å²) in [4.78, 5) is 4.51. The molecule has 16 heavy (non-hydrogen) atoms. The molecule has 1 N–H and O–H groups in total. The maximum atomic E-state index is 4.51. The molecule has 3 nitrogen and oxygen atoms in total. The van der Waals surface area contributed by atoms with Gasteiger partial charge in [-0.1, -0.05) is 17.4 Å². The first-order valence-electron chi connectivity index (χ1n) is 5.21. The van der Waals surface area contributed by atoms with Crippen LogP contribution < -0.4 is 5.43 Å². The fraction of sp³-hybridized carbons (Fsp3) is 0.333. The Morgan fingerprint density at radius 3 is 2.75 bits per heavy atom. The maximum absolute atomic E-state index is 4.51. The summed E-state index contributed by atoms with van der Waals surface area (Å²) in [6.07, 6.45) is 0. The first kappa shape index (κ1) is 11.1. The molecule has 2 aromatic rings. The van der Waals surface area contributed by atoms with Gasteiger partial charge in [0.25, 0.3) is 0 Å². The number of aromatic nitrogens is 1. The van der Waals surface area contributed by atoms with Crippen LogP contribution in [0.1, 0.15) is 25.0 Å². The molecule has 0 fully saturated rings. The molecule has 0 saturated heterocycles. The van der Waals surface area contributed by atoms with Crippen molar-refractivity contribution < 1.29 is 0 Å². The fourth-order valence-corrected chi connectivity index (χ4v) is 2.44. The van der Waals surface area contributed by atoms with Crippen LogP contribution in [0.5, 0.6) is 0 Å². The zero-order valence-corrected chi connectivity index (χ0v) is 10.8. The van der Waals surface area contributed by atoms with Crippen LogP contribution in [0.3, 0.4) is 0 Å². The van der Waals surface area contributed by atoms with Gasteiger partial charge < -0.3 is 0 Å². The smallest absolute Gasteiger partial charge is 0.204 e. The van der Waals surface area contributed by atoms with Gasteiger partial charge in [0.1, 0.15) is 0 Å². The van der Waals surface area contributed by atoms with E-state index in [2.05, 4.69) is 41.5 Å². The summed E-state index contributed by atoms with van der Waals surface area (Å²) in [7, 11) is 0. The van der Waals surface area contributed by atoms with Crippen LogP contribution in [-0.4, -0.2) is 10.7 Å². The Morgan fingerprint density at radius 1 is 1.31 bits per heavy atom. The van der Waals surface area contributed by atoms with Gasteiger partial charge in [-0.3, -0.25) is 5.43 Å². The number of aryl methyl sites for hydroxylation is 2. The summed E-state index contributed by atoms with van der Waals surface area (Å²) in [5.41, 5.74) is 7.54. The van der Waals surface area contributed by atoms with Gasteiger partial charge >= 0.3 is 0 Å². The van der Waals surface area contributed by atoms with Crippen LogP contribution >= 0.6 is 11.3 Å². The number of rotatable bonds is 2. The normalized spacial score (nSPS) is 10.5. The van der Waals surface area contributed by atoms with E-state index in [1.807, 2.05) is 13.8 Å². The second-order valence-corrected chi connectivity index (χ2v) is 5.12. The molecule has 0 aliphatic heterocycles. The van der Waals surface area contributed by atoms with E-state index in [0.29, 0.717) is 0 Å². The summed E-state index contributed by atoms with van der Waals surface area (Å²) >= 11 is 1.65. The Kier molecular flexibility index (Phi) is 2.92. The van der Waals surface area contributed by atoms with Gasteiger partial charge in [-0.15, -0.1) is 0 Å². The van der Waals surface area contributed by atoms with Crippen molar-refractivity contribution in [3.63, 3.8) is 0 Å².